The lowest BCUT2D eigenvalue weighted by atomic mass is 10.1. The quantitative estimate of drug-likeness (QED) is 0.851. The van der Waals surface area contributed by atoms with Gasteiger partial charge >= 0.3 is 0 Å². The zero-order chi connectivity index (χ0) is 15.4. The number of amides is 1. The lowest BCUT2D eigenvalue weighted by Crippen LogP contribution is -2.34. The van der Waals surface area contributed by atoms with Gasteiger partial charge in [0.1, 0.15) is 5.75 Å². The summed E-state index contributed by atoms with van der Waals surface area (Å²) in [4.78, 5) is 18.6. The number of aromatic nitrogens is 1. The molecule has 22 heavy (non-hydrogen) atoms. The van der Waals surface area contributed by atoms with Crippen LogP contribution >= 0.6 is 0 Å². The summed E-state index contributed by atoms with van der Waals surface area (Å²) in [6.07, 6.45) is 5.20. The maximum absolute atomic E-state index is 12.6. The number of anilines is 1. The zero-order valence-electron chi connectivity index (χ0n) is 12.7. The number of carbonyl (C=O) groups excluding carboxylic acids is 1. The van der Waals surface area contributed by atoms with E-state index in [1.165, 1.54) is 0 Å². The van der Waals surface area contributed by atoms with Crippen LogP contribution in [0.4, 0.5) is 5.69 Å². The van der Waals surface area contributed by atoms with Gasteiger partial charge in [-0.3, -0.25) is 9.78 Å². The Morgan fingerprint density at radius 2 is 2.14 bits per heavy atom. The first-order valence-corrected chi connectivity index (χ1v) is 7.68. The van der Waals surface area contributed by atoms with Crippen molar-refractivity contribution in [2.45, 2.75) is 19.8 Å². The van der Waals surface area contributed by atoms with Crippen molar-refractivity contribution in [2.75, 3.05) is 18.1 Å². The monoisotopic (exact) mass is 296 g/mol. The fourth-order valence-electron chi connectivity index (χ4n) is 2.72. The van der Waals surface area contributed by atoms with Crippen LogP contribution in [0, 0.1) is 5.92 Å². The van der Waals surface area contributed by atoms with Gasteiger partial charge in [-0.25, -0.2) is 0 Å². The van der Waals surface area contributed by atoms with Crippen LogP contribution in [0.25, 0.3) is 0 Å². The van der Waals surface area contributed by atoms with Gasteiger partial charge in [0, 0.05) is 30.5 Å². The number of ether oxygens (including phenoxy) is 1. The van der Waals surface area contributed by atoms with E-state index in [2.05, 4.69) is 4.98 Å². The van der Waals surface area contributed by atoms with Crippen molar-refractivity contribution in [3.05, 3.63) is 54.4 Å². The first-order chi connectivity index (χ1) is 10.8. The number of hydrogen-bond acceptors (Lipinski definition) is 3. The van der Waals surface area contributed by atoms with Gasteiger partial charge in [-0.2, -0.15) is 0 Å². The summed E-state index contributed by atoms with van der Waals surface area (Å²) in [5.74, 6) is 0.962. The predicted octanol–water partition coefficient (Wildman–Crippen LogP) is 3.08. The van der Waals surface area contributed by atoms with Gasteiger partial charge in [0.25, 0.3) is 0 Å². The molecule has 2 heterocycles. The Hall–Kier alpha value is -2.36. The second-order valence-corrected chi connectivity index (χ2v) is 5.60. The van der Waals surface area contributed by atoms with Gasteiger partial charge in [-0.1, -0.05) is 25.1 Å². The molecule has 1 aliphatic rings. The molecule has 0 aliphatic carbocycles. The topological polar surface area (TPSA) is 42.4 Å². The molecule has 1 aromatic heterocycles. The van der Waals surface area contributed by atoms with E-state index in [0.29, 0.717) is 13.0 Å². The smallest absolute Gasteiger partial charge is 0.229 e. The van der Waals surface area contributed by atoms with Gasteiger partial charge in [-0.05, 0) is 36.6 Å². The second-order valence-electron chi connectivity index (χ2n) is 5.60. The molecular weight excluding hydrogens is 276 g/mol. The number of carbonyl (C=O) groups is 1. The van der Waals surface area contributed by atoms with Gasteiger partial charge in [0.2, 0.25) is 5.91 Å². The number of hydrogen-bond donors (Lipinski definition) is 0. The Morgan fingerprint density at radius 3 is 2.95 bits per heavy atom. The Bertz CT molecular complexity index is 643. The Labute approximate surface area is 130 Å². The van der Waals surface area contributed by atoms with Crippen molar-refractivity contribution in [3.63, 3.8) is 0 Å². The largest absolute Gasteiger partial charge is 0.494 e. The third-order valence-electron chi connectivity index (χ3n) is 4.02. The van der Waals surface area contributed by atoms with Gasteiger partial charge in [0.05, 0.1) is 6.61 Å². The van der Waals surface area contributed by atoms with Gasteiger partial charge < -0.3 is 9.64 Å². The minimum absolute atomic E-state index is 0.0529. The standard InChI is InChI=1S/C18H20N2O2/c1-14(9-12-22-16-5-3-2-4-6-16)18(21)20-11-8-15-13-19-10-7-17(15)20/h2-7,10,13-14H,8-9,11-12H2,1H3/t14-/m1/s1. The van der Waals surface area contributed by atoms with E-state index in [-0.39, 0.29) is 11.8 Å². The molecule has 114 valence electrons. The SMILES string of the molecule is C[C@H](CCOc1ccccc1)C(=O)N1CCc2cnccc21. The maximum atomic E-state index is 12.6. The molecule has 4 heteroatoms. The fraction of sp³-hybridized carbons (Fsp3) is 0.333. The molecule has 1 aliphatic heterocycles. The number of nitrogens with zero attached hydrogens (tertiary/aromatic N) is 2. The third-order valence-corrected chi connectivity index (χ3v) is 4.02. The summed E-state index contributed by atoms with van der Waals surface area (Å²) in [6, 6.07) is 11.6. The summed E-state index contributed by atoms with van der Waals surface area (Å²) in [7, 11) is 0. The van der Waals surface area contributed by atoms with Gasteiger partial charge in [-0.15, -0.1) is 0 Å². The van der Waals surface area contributed by atoms with Crippen LogP contribution in [0.1, 0.15) is 18.9 Å². The van der Waals surface area contributed by atoms with E-state index < -0.39 is 0 Å². The lowest BCUT2D eigenvalue weighted by Gasteiger charge is -2.21. The number of para-hydroxylation sites is 1. The molecule has 1 amide bonds. The molecule has 4 nitrogen and oxygen atoms in total. The maximum Gasteiger partial charge on any atom is 0.229 e. The average molecular weight is 296 g/mol. The highest BCUT2D eigenvalue weighted by molar-refractivity contribution is 5.96. The molecule has 0 saturated carbocycles. The van der Waals surface area contributed by atoms with Crippen LogP contribution in [0.2, 0.25) is 0 Å². The van der Waals surface area contributed by atoms with Crippen molar-refractivity contribution in [1.82, 2.24) is 4.98 Å². The lowest BCUT2D eigenvalue weighted by molar-refractivity contribution is -0.122. The molecule has 2 aromatic rings. The minimum Gasteiger partial charge on any atom is -0.494 e. The fourth-order valence-corrected chi connectivity index (χ4v) is 2.72. The van der Waals surface area contributed by atoms with Crippen LogP contribution in [0.5, 0.6) is 5.75 Å². The highest BCUT2D eigenvalue weighted by atomic mass is 16.5. The number of pyridine rings is 1. The summed E-state index contributed by atoms with van der Waals surface area (Å²) in [6.45, 7) is 3.27. The van der Waals surface area contributed by atoms with Crippen molar-refractivity contribution >= 4 is 11.6 Å². The first-order valence-electron chi connectivity index (χ1n) is 7.68. The van der Waals surface area contributed by atoms with Crippen LogP contribution in [0.3, 0.4) is 0 Å². The molecule has 1 atom stereocenters. The summed E-state index contributed by atoms with van der Waals surface area (Å²) >= 11 is 0. The first kappa shape index (κ1) is 14.6. The predicted molar refractivity (Wildman–Crippen MR) is 86.0 cm³/mol. The normalized spacial score (nSPS) is 14.5. The molecule has 1 aromatic carbocycles. The molecule has 0 bridgehead atoms. The van der Waals surface area contributed by atoms with E-state index in [1.807, 2.05) is 54.4 Å². The highest BCUT2D eigenvalue weighted by Gasteiger charge is 2.27. The van der Waals surface area contributed by atoms with Crippen molar-refractivity contribution in [1.29, 1.82) is 0 Å². The Balaban J connectivity index is 1.54. The minimum atomic E-state index is -0.0529. The highest BCUT2D eigenvalue weighted by Crippen LogP contribution is 2.28. The molecule has 0 unspecified atom stereocenters. The zero-order valence-corrected chi connectivity index (χ0v) is 12.7. The van der Waals surface area contributed by atoms with E-state index >= 15 is 0 Å². The van der Waals surface area contributed by atoms with Crippen LogP contribution in [0.15, 0.2) is 48.8 Å². The van der Waals surface area contributed by atoms with Crippen LogP contribution in [-0.4, -0.2) is 24.0 Å². The number of rotatable bonds is 5. The Morgan fingerprint density at radius 1 is 1.32 bits per heavy atom. The van der Waals surface area contributed by atoms with Gasteiger partial charge in [0.15, 0.2) is 0 Å². The van der Waals surface area contributed by atoms with Crippen LogP contribution < -0.4 is 9.64 Å². The summed E-state index contributed by atoms with van der Waals surface area (Å²) in [5, 5.41) is 0. The number of fused-ring (bicyclic) bond motifs is 1. The summed E-state index contributed by atoms with van der Waals surface area (Å²) in [5.41, 5.74) is 2.17. The van der Waals surface area contributed by atoms with E-state index in [4.69, 9.17) is 4.74 Å². The van der Waals surface area contributed by atoms with E-state index in [9.17, 15) is 4.79 Å². The second kappa shape index (κ2) is 6.60. The molecule has 0 spiro atoms. The third kappa shape index (κ3) is 3.11. The molecular formula is C18H20N2O2. The average Bonchev–Trinajstić information content (AvgIpc) is 2.99. The Kier molecular flexibility index (Phi) is 4.37. The van der Waals surface area contributed by atoms with Crippen LogP contribution in [-0.2, 0) is 11.2 Å². The van der Waals surface area contributed by atoms with E-state index in [0.717, 1.165) is 30.0 Å². The molecule has 3 rings (SSSR count). The van der Waals surface area contributed by atoms with Crippen molar-refractivity contribution < 1.29 is 9.53 Å². The summed E-state index contributed by atoms with van der Waals surface area (Å²) < 4.78 is 5.68. The molecule has 0 radical (unpaired) electrons. The molecule has 0 saturated heterocycles. The molecule has 0 fully saturated rings. The number of benzene rings is 1. The van der Waals surface area contributed by atoms with Crippen molar-refractivity contribution in [3.8, 4) is 5.75 Å². The molecule has 0 N–H and O–H groups in total. The van der Waals surface area contributed by atoms with Crippen molar-refractivity contribution in [2.24, 2.45) is 5.92 Å². The van der Waals surface area contributed by atoms with E-state index in [1.54, 1.807) is 6.20 Å².